The van der Waals surface area contributed by atoms with Crippen LogP contribution in [0.25, 0.3) is 10.9 Å². The van der Waals surface area contributed by atoms with Gasteiger partial charge in [-0.2, -0.15) is 0 Å². The molecule has 0 saturated carbocycles. The molecule has 0 spiro atoms. The molecule has 0 fully saturated rings. The average Bonchev–Trinajstić information content (AvgIpc) is 2.66. The number of ether oxygens (including phenoxy) is 1. The Balaban J connectivity index is 1.97. The second kappa shape index (κ2) is 8.37. The van der Waals surface area contributed by atoms with Crippen molar-refractivity contribution in [3.63, 3.8) is 0 Å². The maximum Gasteiger partial charge on any atom is 0.325 e. The SMILES string of the molecule is COC(=O)Cn1c(=O)c(CN(C)Cc2ccccc2)cc2ccc(Cl)cc21. The van der Waals surface area contributed by atoms with Crippen molar-refractivity contribution in [3.05, 3.63) is 81.1 Å². The lowest BCUT2D eigenvalue weighted by Gasteiger charge is -2.18. The second-order valence-electron chi connectivity index (χ2n) is 6.50. The summed E-state index contributed by atoms with van der Waals surface area (Å²) in [5.74, 6) is -0.479. The first kappa shape index (κ1) is 19.1. The van der Waals surface area contributed by atoms with Gasteiger partial charge in [-0.1, -0.05) is 48.0 Å². The molecule has 0 aliphatic carbocycles. The molecule has 0 radical (unpaired) electrons. The number of nitrogens with zero attached hydrogens (tertiary/aromatic N) is 2. The summed E-state index contributed by atoms with van der Waals surface area (Å²) < 4.78 is 6.18. The summed E-state index contributed by atoms with van der Waals surface area (Å²) in [7, 11) is 3.27. The van der Waals surface area contributed by atoms with Crippen LogP contribution in [0.1, 0.15) is 11.1 Å². The Kier molecular flexibility index (Phi) is 5.94. The first-order valence-electron chi connectivity index (χ1n) is 8.59. The summed E-state index contributed by atoms with van der Waals surface area (Å²) in [5, 5.41) is 1.36. The van der Waals surface area contributed by atoms with Crippen molar-refractivity contribution < 1.29 is 9.53 Å². The van der Waals surface area contributed by atoms with E-state index in [-0.39, 0.29) is 12.1 Å². The van der Waals surface area contributed by atoms with Gasteiger partial charge in [0.1, 0.15) is 6.54 Å². The molecule has 1 heterocycles. The molecule has 140 valence electrons. The number of benzene rings is 2. The van der Waals surface area contributed by atoms with Crippen molar-refractivity contribution in [3.8, 4) is 0 Å². The second-order valence-corrected chi connectivity index (χ2v) is 6.93. The third kappa shape index (κ3) is 4.56. The third-order valence-electron chi connectivity index (χ3n) is 4.38. The Hall–Kier alpha value is -2.63. The fourth-order valence-electron chi connectivity index (χ4n) is 3.11. The topological polar surface area (TPSA) is 51.5 Å². The highest BCUT2D eigenvalue weighted by Gasteiger charge is 2.14. The van der Waals surface area contributed by atoms with Gasteiger partial charge in [-0.3, -0.25) is 19.1 Å². The number of esters is 1. The van der Waals surface area contributed by atoms with Crippen LogP contribution in [0.15, 0.2) is 59.4 Å². The minimum atomic E-state index is -0.479. The molecule has 5 nitrogen and oxygen atoms in total. The van der Waals surface area contributed by atoms with Gasteiger partial charge in [0.2, 0.25) is 0 Å². The average molecular weight is 385 g/mol. The molecule has 2 aromatic carbocycles. The number of rotatable bonds is 6. The highest BCUT2D eigenvalue weighted by molar-refractivity contribution is 6.31. The predicted octanol–water partition coefficient (Wildman–Crippen LogP) is 3.46. The van der Waals surface area contributed by atoms with Crippen LogP contribution in [-0.4, -0.2) is 29.6 Å². The Morgan fingerprint density at radius 3 is 2.56 bits per heavy atom. The van der Waals surface area contributed by atoms with E-state index in [2.05, 4.69) is 17.0 Å². The van der Waals surface area contributed by atoms with E-state index in [4.69, 9.17) is 16.3 Å². The molecule has 0 aliphatic heterocycles. The molecular formula is C21H21ClN2O3. The van der Waals surface area contributed by atoms with Gasteiger partial charge < -0.3 is 4.74 Å². The van der Waals surface area contributed by atoms with Gasteiger partial charge >= 0.3 is 5.97 Å². The van der Waals surface area contributed by atoms with Gasteiger partial charge in [0, 0.05) is 23.7 Å². The van der Waals surface area contributed by atoms with Crippen molar-refractivity contribution in [2.45, 2.75) is 19.6 Å². The summed E-state index contributed by atoms with van der Waals surface area (Å²) in [5.41, 5.74) is 2.19. The molecule has 27 heavy (non-hydrogen) atoms. The molecule has 0 saturated heterocycles. The van der Waals surface area contributed by atoms with E-state index in [1.54, 1.807) is 12.1 Å². The maximum absolute atomic E-state index is 13.0. The van der Waals surface area contributed by atoms with Crippen LogP contribution in [0, 0.1) is 0 Å². The molecule has 0 unspecified atom stereocenters. The minimum absolute atomic E-state index is 0.150. The number of hydrogen-bond donors (Lipinski definition) is 0. The molecule has 6 heteroatoms. The zero-order valence-corrected chi connectivity index (χ0v) is 16.1. The van der Waals surface area contributed by atoms with Crippen LogP contribution in [0.4, 0.5) is 0 Å². The largest absolute Gasteiger partial charge is 0.468 e. The maximum atomic E-state index is 13.0. The molecule has 0 aliphatic rings. The number of carbonyl (C=O) groups is 1. The van der Waals surface area contributed by atoms with Gasteiger partial charge in [0.15, 0.2) is 0 Å². The highest BCUT2D eigenvalue weighted by Crippen LogP contribution is 2.20. The summed E-state index contributed by atoms with van der Waals surface area (Å²) in [6.45, 7) is 1.03. The number of methoxy groups -OCH3 is 1. The van der Waals surface area contributed by atoms with E-state index >= 15 is 0 Å². The molecule has 0 N–H and O–H groups in total. The number of pyridine rings is 1. The number of fused-ring (bicyclic) bond motifs is 1. The monoisotopic (exact) mass is 384 g/mol. The molecule has 0 atom stereocenters. The lowest BCUT2D eigenvalue weighted by atomic mass is 10.1. The quantitative estimate of drug-likeness (QED) is 0.611. The number of carbonyl (C=O) groups excluding carboxylic acids is 1. The Bertz CT molecular complexity index is 1020. The number of halogens is 1. The molecule has 1 aromatic heterocycles. The van der Waals surface area contributed by atoms with Gasteiger partial charge in [-0.05, 0) is 36.2 Å². The van der Waals surface area contributed by atoms with Gasteiger partial charge in [0.25, 0.3) is 5.56 Å². The molecular weight excluding hydrogens is 364 g/mol. The summed E-state index contributed by atoms with van der Waals surface area (Å²) in [4.78, 5) is 26.9. The molecule has 0 bridgehead atoms. The highest BCUT2D eigenvalue weighted by atomic mass is 35.5. The molecule has 3 aromatic rings. The zero-order valence-electron chi connectivity index (χ0n) is 15.3. The van der Waals surface area contributed by atoms with Crippen LogP contribution in [0.2, 0.25) is 5.02 Å². The Labute approximate surface area is 162 Å². The van der Waals surface area contributed by atoms with Gasteiger partial charge in [-0.15, -0.1) is 0 Å². The van der Waals surface area contributed by atoms with Crippen LogP contribution < -0.4 is 5.56 Å². The molecule has 3 rings (SSSR count). The summed E-state index contributed by atoms with van der Waals surface area (Å²) in [6.07, 6.45) is 0. The lowest BCUT2D eigenvalue weighted by molar-refractivity contribution is -0.141. The van der Waals surface area contributed by atoms with E-state index in [1.807, 2.05) is 37.4 Å². The van der Waals surface area contributed by atoms with E-state index < -0.39 is 5.97 Å². The van der Waals surface area contributed by atoms with E-state index in [0.717, 1.165) is 11.9 Å². The fraction of sp³-hybridized carbons (Fsp3) is 0.238. The van der Waals surface area contributed by atoms with Crippen LogP contribution in [0.3, 0.4) is 0 Å². The predicted molar refractivity (Wildman–Crippen MR) is 107 cm³/mol. The van der Waals surface area contributed by atoms with Crippen LogP contribution in [0.5, 0.6) is 0 Å². The smallest absolute Gasteiger partial charge is 0.325 e. The standard InChI is InChI=1S/C21H21ClN2O3/c1-23(12-15-6-4-3-5-7-15)13-17-10-16-8-9-18(22)11-19(16)24(21(17)26)14-20(25)27-2/h3-11H,12-14H2,1-2H3. The van der Waals surface area contributed by atoms with Crippen molar-refractivity contribution in [1.82, 2.24) is 9.47 Å². The van der Waals surface area contributed by atoms with Crippen molar-refractivity contribution in [2.24, 2.45) is 0 Å². The van der Waals surface area contributed by atoms with Crippen LogP contribution in [-0.2, 0) is 29.2 Å². The zero-order chi connectivity index (χ0) is 19.4. The number of aromatic nitrogens is 1. The van der Waals surface area contributed by atoms with Crippen molar-refractivity contribution >= 4 is 28.5 Å². The van der Waals surface area contributed by atoms with E-state index in [0.29, 0.717) is 22.6 Å². The van der Waals surface area contributed by atoms with Gasteiger partial charge in [0.05, 0.1) is 12.6 Å². The van der Waals surface area contributed by atoms with Crippen LogP contribution >= 0.6 is 11.6 Å². The Morgan fingerprint density at radius 1 is 1.11 bits per heavy atom. The van der Waals surface area contributed by atoms with Crippen molar-refractivity contribution in [2.75, 3.05) is 14.2 Å². The van der Waals surface area contributed by atoms with Crippen molar-refractivity contribution in [1.29, 1.82) is 0 Å². The number of hydrogen-bond acceptors (Lipinski definition) is 4. The lowest BCUT2D eigenvalue weighted by Crippen LogP contribution is -2.30. The summed E-state index contributed by atoms with van der Waals surface area (Å²) in [6, 6.07) is 17.2. The van der Waals surface area contributed by atoms with E-state index in [9.17, 15) is 9.59 Å². The third-order valence-corrected chi connectivity index (χ3v) is 4.62. The Morgan fingerprint density at radius 2 is 1.85 bits per heavy atom. The fourth-order valence-corrected chi connectivity index (χ4v) is 3.28. The first-order chi connectivity index (χ1) is 13.0. The summed E-state index contributed by atoms with van der Waals surface area (Å²) >= 11 is 6.09. The first-order valence-corrected chi connectivity index (χ1v) is 8.97. The molecule has 0 amide bonds. The minimum Gasteiger partial charge on any atom is -0.468 e. The van der Waals surface area contributed by atoms with E-state index in [1.165, 1.54) is 17.2 Å². The normalized spacial score (nSPS) is 11.1. The van der Waals surface area contributed by atoms with Gasteiger partial charge in [-0.25, -0.2) is 0 Å².